The number of rotatable bonds is 4. The number of piperidine rings is 1. The minimum Gasteiger partial charge on any atom is -0.355 e. The molecule has 0 aliphatic carbocycles. The topological polar surface area (TPSA) is 72.6 Å². The highest BCUT2D eigenvalue weighted by Crippen LogP contribution is 2.27. The summed E-state index contributed by atoms with van der Waals surface area (Å²) in [7, 11) is 1.99. The van der Waals surface area contributed by atoms with Gasteiger partial charge in [-0.15, -0.1) is 0 Å². The Balaban J connectivity index is 1.45. The third kappa shape index (κ3) is 3.35. The molecule has 3 aromatic rings. The van der Waals surface area contributed by atoms with Crippen LogP contribution in [0.25, 0.3) is 11.4 Å². The van der Waals surface area contributed by atoms with E-state index in [0.29, 0.717) is 5.92 Å². The molecule has 128 valence electrons. The average Bonchev–Trinajstić information content (AvgIpc) is 3.09. The summed E-state index contributed by atoms with van der Waals surface area (Å²) in [6.07, 6.45) is 15.7. The highest BCUT2D eigenvalue weighted by atomic mass is 15.2. The lowest BCUT2D eigenvalue weighted by atomic mass is 9.91. The van der Waals surface area contributed by atoms with Crippen LogP contribution in [0.4, 0.5) is 5.82 Å². The summed E-state index contributed by atoms with van der Waals surface area (Å²) < 4.78 is 1.99. The van der Waals surface area contributed by atoms with E-state index in [1.807, 2.05) is 24.0 Å². The Hall–Kier alpha value is -2.83. The molecule has 0 spiro atoms. The number of anilines is 1. The van der Waals surface area contributed by atoms with Crippen molar-refractivity contribution in [1.29, 1.82) is 0 Å². The van der Waals surface area contributed by atoms with Crippen LogP contribution in [0, 0.1) is 5.92 Å². The second-order valence-electron chi connectivity index (χ2n) is 6.44. The van der Waals surface area contributed by atoms with Crippen molar-refractivity contribution in [1.82, 2.24) is 29.5 Å². The highest BCUT2D eigenvalue weighted by Gasteiger charge is 2.22. The fourth-order valence-corrected chi connectivity index (χ4v) is 3.41. The van der Waals surface area contributed by atoms with Gasteiger partial charge in [0.05, 0.1) is 30.1 Å². The molecule has 1 fully saturated rings. The quantitative estimate of drug-likeness (QED) is 0.727. The van der Waals surface area contributed by atoms with E-state index in [1.165, 1.54) is 0 Å². The molecule has 7 heteroatoms. The van der Waals surface area contributed by atoms with Crippen LogP contribution in [-0.4, -0.2) is 42.6 Å². The van der Waals surface area contributed by atoms with Gasteiger partial charge in [-0.25, -0.2) is 9.97 Å². The number of nitrogens with zero attached hydrogens (tertiary/aromatic N) is 7. The molecule has 0 radical (unpaired) electrons. The number of aryl methyl sites for hydroxylation is 1. The lowest BCUT2D eigenvalue weighted by Crippen LogP contribution is -2.35. The molecule has 0 N–H and O–H groups in total. The molecule has 7 nitrogen and oxygen atoms in total. The zero-order valence-electron chi connectivity index (χ0n) is 14.3. The van der Waals surface area contributed by atoms with E-state index < -0.39 is 0 Å². The van der Waals surface area contributed by atoms with Crippen molar-refractivity contribution < 1.29 is 0 Å². The molecule has 0 aromatic carbocycles. The lowest BCUT2D eigenvalue weighted by molar-refractivity contribution is 0.399. The van der Waals surface area contributed by atoms with E-state index in [2.05, 4.69) is 29.8 Å². The molecule has 0 amide bonds. The first-order valence-electron chi connectivity index (χ1n) is 8.59. The second-order valence-corrected chi connectivity index (χ2v) is 6.44. The van der Waals surface area contributed by atoms with Crippen molar-refractivity contribution in [3.8, 4) is 11.4 Å². The Morgan fingerprint density at radius 3 is 2.48 bits per heavy atom. The molecule has 0 saturated carbocycles. The standard InChI is InChI=1S/C18H21N7/c1-24-13-20-11-16(24)18-15(21-6-7-23-18)10-14-2-8-25(9-3-14)17-12-19-4-5-22-17/h4-7,11-14H,2-3,8-10H2,1H3. The van der Waals surface area contributed by atoms with Crippen molar-refractivity contribution in [2.75, 3.05) is 18.0 Å². The number of imidazole rings is 1. The van der Waals surface area contributed by atoms with Crippen molar-refractivity contribution in [3.05, 3.63) is 49.2 Å². The first-order valence-corrected chi connectivity index (χ1v) is 8.59. The van der Waals surface area contributed by atoms with Crippen LogP contribution in [-0.2, 0) is 13.5 Å². The molecule has 4 rings (SSSR count). The van der Waals surface area contributed by atoms with Crippen LogP contribution in [0.5, 0.6) is 0 Å². The van der Waals surface area contributed by atoms with Gasteiger partial charge in [0.25, 0.3) is 0 Å². The minimum atomic E-state index is 0.608. The zero-order chi connectivity index (χ0) is 17.1. The van der Waals surface area contributed by atoms with E-state index in [0.717, 1.165) is 55.3 Å². The Morgan fingerprint density at radius 2 is 1.76 bits per heavy atom. The average molecular weight is 335 g/mol. The molecular formula is C18H21N7. The maximum absolute atomic E-state index is 4.61. The monoisotopic (exact) mass is 335 g/mol. The number of hydrogen-bond donors (Lipinski definition) is 0. The lowest BCUT2D eigenvalue weighted by Gasteiger charge is -2.32. The zero-order valence-corrected chi connectivity index (χ0v) is 14.3. The Labute approximate surface area is 146 Å². The van der Waals surface area contributed by atoms with Crippen molar-refractivity contribution in [3.63, 3.8) is 0 Å². The largest absolute Gasteiger partial charge is 0.355 e. The predicted molar refractivity (Wildman–Crippen MR) is 94.9 cm³/mol. The minimum absolute atomic E-state index is 0.608. The molecule has 0 bridgehead atoms. The fourth-order valence-electron chi connectivity index (χ4n) is 3.41. The van der Waals surface area contributed by atoms with Gasteiger partial charge in [0.1, 0.15) is 11.5 Å². The summed E-state index contributed by atoms with van der Waals surface area (Å²) >= 11 is 0. The molecule has 3 aromatic heterocycles. The molecule has 0 atom stereocenters. The van der Waals surface area contributed by atoms with Gasteiger partial charge in [-0.1, -0.05) is 0 Å². The first-order chi connectivity index (χ1) is 12.3. The van der Waals surface area contributed by atoms with Gasteiger partial charge < -0.3 is 9.47 Å². The van der Waals surface area contributed by atoms with Crippen LogP contribution in [0.15, 0.2) is 43.5 Å². The van der Waals surface area contributed by atoms with Gasteiger partial charge in [0.2, 0.25) is 0 Å². The van der Waals surface area contributed by atoms with Crippen LogP contribution in [0.2, 0.25) is 0 Å². The molecule has 4 heterocycles. The molecule has 1 aliphatic heterocycles. The van der Waals surface area contributed by atoms with Crippen molar-refractivity contribution in [2.24, 2.45) is 13.0 Å². The molecule has 25 heavy (non-hydrogen) atoms. The summed E-state index contributed by atoms with van der Waals surface area (Å²) in [5.74, 6) is 1.58. The summed E-state index contributed by atoms with van der Waals surface area (Å²) in [4.78, 5) is 24.2. The predicted octanol–water partition coefficient (Wildman–Crippen LogP) is 2.13. The maximum atomic E-state index is 4.61. The Bertz CT molecular complexity index is 822. The maximum Gasteiger partial charge on any atom is 0.147 e. The second kappa shape index (κ2) is 6.96. The van der Waals surface area contributed by atoms with E-state index in [-0.39, 0.29) is 0 Å². The van der Waals surface area contributed by atoms with Gasteiger partial charge >= 0.3 is 0 Å². The third-order valence-electron chi connectivity index (χ3n) is 4.80. The van der Waals surface area contributed by atoms with E-state index in [1.54, 1.807) is 31.1 Å². The Kier molecular flexibility index (Phi) is 4.37. The fraction of sp³-hybridized carbons (Fsp3) is 0.389. The molecule has 1 saturated heterocycles. The number of hydrogen-bond acceptors (Lipinski definition) is 6. The number of aromatic nitrogens is 6. The van der Waals surface area contributed by atoms with Crippen molar-refractivity contribution in [2.45, 2.75) is 19.3 Å². The summed E-state index contributed by atoms with van der Waals surface area (Å²) in [5, 5.41) is 0. The van der Waals surface area contributed by atoms with E-state index >= 15 is 0 Å². The van der Waals surface area contributed by atoms with Gasteiger partial charge in [0, 0.05) is 44.9 Å². The van der Waals surface area contributed by atoms with Crippen LogP contribution < -0.4 is 4.90 Å². The van der Waals surface area contributed by atoms with Crippen LogP contribution in [0.1, 0.15) is 18.5 Å². The van der Waals surface area contributed by atoms with E-state index in [4.69, 9.17) is 0 Å². The molecular weight excluding hydrogens is 314 g/mol. The van der Waals surface area contributed by atoms with Gasteiger partial charge in [0.15, 0.2) is 0 Å². The summed E-state index contributed by atoms with van der Waals surface area (Å²) in [5.41, 5.74) is 3.02. The summed E-state index contributed by atoms with van der Waals surface area (Å²) in [6.45, 7) is 2.01. The van der Waals surface area contributed by atoms with Crippen LogP contribution >= 0.6 is 0 Å². The van der Waals surface area contributed by atoms with Gasteiger partial charge in [-0.2, -0.15) is 0 Å². The summed E-state index contributed by atoms with van der Waals surface area (Å²) in [6, 6.07) is 0. The van der Waals surface area contributed by atoms with Crippen molar-refractivity contribution >= 4 is 5.82 Å². The molecule has 1 aliphatic rings. The van der Waals surface area contributed by atoms with Gasteiger partial charge in [-0.3, -0.25) is 15.0 Å². The SMILES string of the molecule is Cn1cncc1-c1nccnc1CC1CCN(c2cnccn2)CC1. The van der Waals surface area contributed by atoms with Gasteiger partial charge in [-0.05, 0) is 25.2 Å². The third-order valence-corrected chi connectivity index (χ3v) is 4.80. The smallest absolute Gasteiger partial charge is 0.147 e. The molecule has 0 unspecified atom stereocenters. The first kappa shape index (κ1) is 15.7. The van der Waals surface area contributed by atoms with E-state index in [9.17, 15) is 0 Å². The highest BCUT2D eigenvalue weighted by molar-refractivity contribution is 5.56. The normalized spacial score (nSPS) is 15.5. The Morgan fingerprint density at radius 1 is 0.960 bits per heavy atom. The van der Waals surface area contributed by atoms with Crippen LogP contribution in [0.3, 0.4) is 0 Å².